The van der Waals surface area contributed by atoms with E-state index in [1.165, 1.54) is 27.0 Å². The number of carbonyl (C=O) groups is 1. The summed E-state index contributed by atoms with van der Waals surface area (Å²) in [6.07, 6.45) is 0.206. The van der Waals surface area contributed by atoms with E-state index in [-0.39, 0.29) is 29.1 Å². The van der Waals surface area contributed by atoms with Gasteiger partial charge in [-0.2, -0.15) is 15.0 Å². The number of ether oxygens (including phenoxy) is 1. The average Bonchev–Trinajstić information content (AvgIpc) is 2.83. The quantitative estimate of drug-likeness (QED) is 0.705. The van der Waals surface area contributed by atoms with Crippen LogP contribution in [0.2, 0.25) is 0 Å². The molecule has 28 heavy (non-hydrogen) atoms. The Bertz CT molecular complexity index is 1160. The van der Waals surface area contributed by atoms with Crippen molar-refractivity contribution in [3.63, 3.8) is 0 Å². The summed E-state index contributed by atoms with van der Waals surface area (Å²) in [5, 5.41) is 1.42. The summed E-state index contributed by atoms with van der Waals surface area (Å²) < 4.78 is 57.0. The van der Waals surface area contributed by atoms with Gasteiger partial charge in [-0.15, -0.1) is 0 Å². The zero-order chi connectivity index (χ0) is 20.7. The molecule has 3 rings (SSSR count). The van der Waals surface area contributed by atoms with E-state index < -0.39 is 36.0 Å². The summed E-state index contributed by atoms with van der Waals surface area (Å²) in [5.74, 6) is 0.0163. The highest BCUT2D eigenvalue weighted by Crippen LogP contribution is 2.35. The minimum absolute atomic E-state index is 0.0633. The normalized spacial score (nSPS) is 17.6. The van der Waals surface area contributed by atoms with E-state index in [9.17, 15) is 21.6 Å². The number of sulfonamides is 1. The van der Waals surface area contributed by atoms with Crippen LogP contribution in [0.1, 0.15) is 18.3 Å². The smallest absolute Gasteiger partial charge is 0.335 e. The molecule has 0 aliphatic carbocycles. The van der Waals surface area contributed by atoms with Crippen LogP contribution in [-0.4, -0.2) is 50.2 Å². The Balaban J connectivity index is 1.89. The third kappa shape index (κ3) is 3.62. The fraction of sp³-hybridized carbons (Fsp3) is 0.333. The molecule has 150 valence electrons. The van der Waals surface area contributed by atoms with Gasteiger partial charge in [0.15, 0.2) is 9.84 Å². The molecule has 1 atom stereocenters. The number of hydrogen-bond donors (Lipinski definition) is 2. The monoisotopic (exact) mass is 427 g/mol. The van der Waals surface area contributed by atoms with Crippen molar-refractivity contribution in [2.45, 2.75) is 35.3 Å². The average molecular weight is 427 g/mol. The van der Waals surface area contributed by atoms with E-state index in [2.05, 4.69) is 20.3 Å². The lowest BCUT2D eigenvalue weighted by molar-refractivity contribution is 0.256. The van der Waals surface area contributed by atoms with Crippen molar-refractivity contribution in [3.8, 4) is 6.01 Å². The number of aromatic nitrogens is 3. The fourth-order valence-electron chi connectivity index (χ4n) is 2.79. The second-order valence-corrected chi connectivity index (χ2v) is 10.0. The summed E-state index contributed by atoms with van der Waals surface area (Å²) in [6, 6.07) is 2.90. The van der Waals surface area contributed by atoms with Crippen molar-refractivity contribution in [3.05, 3.63) is 29.6 Å². The molecule has 13 heteroatoms. The van der Waals surface area contributed by atoms with Gasteiger partial charge in [0, 0.05) is 0 Å². The maximum atomic E-state index is 12.7. The molecule has 1 unspecified atom stereocenters. The molecular formula is C15H17N5O6S2. The molecule has 0 saturated carbocycles. The van der Waals surface area contributed by atoms with Gasteiger partial charge in [-0.3, -0.25) is 5.32 Å². The van der Waals surface area contributed by atoms with Crippen molar-refractivity contribution in [1.29, 1.82) is 0 Å². The van der Waals surface area contributed by atoms with E-state index >= 15 is 0 Å². The number of amides is 2. The van der Waals surface area contributed by atoms with E-state index in [4.69, 9.17) is 4.74 Å². The van der Waals surface area contributed by atoms with E-state index in [0.717, 1.165) is 6.07 Å². The van der Waals surface area contributed by atoms with Gasteiger partial charge in [0.1, 0.15) is 10.7 Å². The number of hydrogen-bond acceptors (Lipinski definition) is 9. The molecule has 2 N–H and O–H groups in total. The molecule has 0 radical (unpaired) electrons. The van der Waals surface area contributed by atoms with Crippen LogP contribution in [0.5, 0.6) is 6.01 Å². The fourth-order valence-corrected chi connectivity index (χ4v) is 6.17. The van der Waals surface area contributed by atoms with Gasteiger partial charge in [0.25, 0.3) is 10.0 Å². The van der Waals surface area contributed by atoms with Crippen LogP contribution in [-0.2, 0) is 26.3 Å². The summed E-state index contributed by atoms with van der Waals surface area (Å²) >= 11 is 0. The number of sulfone groups is 1. The van der Waals surface area contributed by atoms with Crippen LogP contribution in [0.3, 0.4) is 0 Å². The largest absolute Gasteiger partial charge is 0.467 e. The molecular weight excluding hydrogens is 410 g/mol. The number of fused-ring (bicyclic) bond motifs is 1. The first kappa shape index (κ1) is 19.9. The number of methoxy groups -OCH3 is 1. The molecule has 1 aliphatic rings. The van der Waals surface area contributed by atoms with E-state index in [0.29, 0.717) is 5.56 Å². The molecule has 2 aromatic rings. The first-order valence-corrected chi connectivity index (χ1v) is 11.0. The van der Waals surface area contributed by atoms with Crippen molar-refractivity contribution in [2.24, 2.45) is 0 Å². The third-order valence-electron chi connectivity index (χ3n) is 4.03. The summed E-state index contributed by atoms with van der Waals surface area (Å²) in [6.45, 7) is 3.03. The van der Waals surface area contributed by atoms with Crippen molar-refractivity contribution in [1.82, 2.24) is 19.7 Å². The highest BCUT2D eigenvalue weighted by atomic mass is 32.2. The predicted octanol–water partition coefficient (Wildman–Crippen LogP) is 0.417. The molecule has 0 bridgehead atoms. The number of anilines is 1. The maximum absolute atomic E-state index is 12.7. The van der Waals surface area contributed by atoms with Crippen LogP contribution in [0, 0.1) is 6.92 Å². The zero-order valence-corrected chi connectivity index (χ0v) is 16.8. The van der Waals surface area contributed by atoms with Crippen molar-refractivity contribution >= 4 is 31.8 Å². The van der Waals surface area contributed by atoms with Gasteiger partial charge in [-0.05, 0) is 31.9 Å². The second kappa shape index (κ2) is 6.98. The Kier molecular flexibility index (Phi) is 4.97. The Hall–Kier alpha value is -2.80. The second-order valence-electron chi connectivity index (χ2n) is 6.06. The molecule has 1 aromatic heterocycles. The summed E-state index contributed by atoms with van der Waals surface area (Å²) in [4.78, 5) is 22.9. The van der Waals surface area contributed by atoms with Gasteiger partial charge in [0.2, 0.25) is 5.95 Å². The standard InChI is InChI=1S/C15H17N5O6S2/c1-8-7-10-5-4-6-11(12(10)27(8,22)23)28(24,25)20-14(21)18-13-16-9(2)17-15(19-13)26-3/h4-6,8H,7H2,1-3H3,(H2,16,17,18,19,20,21). The van der Waals surface area contributed by atoms with Crippen LogP contribution >= 0.6 is 0 Å². The molecule has 11 nitrogen and oxygen atoms in total. The van der Waals surface area contributed by atoms with Crippen LogP contribution in [0.4, 0.5) is 10.7 Å². The molecule has 0 fully saturated rings. The molecule has 1 aliphatic heterocycles. The highest BCUT2D eigenvalue weighted by Gasteiger charge is 2.39. The Morgan fingerprint density at radius 1 is 1.25 bits per heavy atom. The van der Waals surface area contributed by atoms with Crippen molar-refractivity contribution < 1.29 is 26.4 Å². The van der Waals surface area contributed by atoms with E-state index in [1.807, 2.05) is 0 Å². The summed E-state index contributed by atoms with van der Waals surface area (Å²) in [5.41, 5.74) is 0.397. The van der Waals surface area contributed by atoms with Crippen molar-refractivity contribution in [2.75, 3.05) is 12.4 Å². The van der Waals surface area contributed by atoms with E-state index in [1.54, 1.807) is 10.8 Å². The zero-order valence-electron chi connectivity index (χ0n) is 15.1. The number of nitrogens with one attached hydrogen (secondary N) is 2. The molecule has 0 spiro atoms. The van der Waals surface area contributed by atoms with Gasteiger partial charge >= 0.3 is 12.0 Å². The highest BCUT2D eigenvalue weighted by molar-refractivity contribution is 7.94. The predicted molar refractivity (Wildman–Crippen MR) is 97.3 cm³/mol. The molecule has 0 saturated heterocycles. The third-order valence-corrected chi connectivity index (χ3v) is 7.81. The summed E-state index contributed by atoms with van der Waals surface area (Å²) in [7, 11) is -6.96. The lowest BCUT2D eigenvalue weighted by Crippen LogP contribution is -2.35. The lowest BCUT2D eigenvalue weighted by Gasteiger charge is -2.11. The SMILES string of the molecule is COc1nc(C)nc(NC(=O)NS(=O)(=O)c2cccc3c2S(=O)(=O)C(C)C3)n1. The Morgan fingerprint density at radius 3 is 2.64 bits per heavy atom. The molecule has 1 aromatic carbocycles. The number of nitrogens with zero attached hydrogens (tertiary/aromatic N) is 3. The first-order valence-electron chi connectivity index (χ1n) is 8.01. The Labute approximate surface area is 161 Å². The minimum atomic E-state index is -4.47. The molecule has 2 amide bonds. The van der Waals surface area contributed by atoms with Gasteiger partial charge in [0.05, 0.1) is 17.3 Å². The Morgan fingerprint density at radius 2 is 1.96 bits per heavy atom. The minimum Gasteiger partial charge on any atom is -0.467 e. The lowest BCUT2D eigenvalue weighted by atomic mass is 10.1. The van der Waals surface area contributed by atoms with Gasteiger partial charge in [-0.1, -0.05) is 12.1 Å². The number of aryl methyl sites for hydroxylation is 1. The first-order chi connectivity index (χ1) is 13.0. The number of carbonyl (C=O) groups excluding carboxylic acids is 1. The van der Waals surface area contributed by atoms with Gasteiger partial charge < -0.3 is 4.74 Å². The van der Waals surface area contributed by atoms with Crippen LogP contribution in [0.15, 0.2) is 28.0 Å². The number of rotatable bonds is 4. The van der Waals surface area contributed by atoms with Gasteiger partial charge in [-0.25, -0.2) is 26.4 Å². The number of urea groups is 1. The van der Waals surface area contributed by atoms with Crippen LogP contribution in [0.25, 0.3) is 0 Å². The topological polar surface area (TPSA) is 157 Å². The number of benzene rings is 1. The van der Waals surface area contributed by atoms with Crippen LogP contribution < -0.4 is 14.8 Å². The maximum Gasteiger partial charge on any atom is 0.335 e. The molecule has 2 heterocycles.